The maximum atomic E-state index is 5.49. The molecule has 2 aromatic carbocycles. The molecule has 1 fully saturated rings. The molecular formula is C23H33IN4O. The van der Waals surface area contributed by atoms with Gasteiger partial charge in [-0.25, -0.2) is 0 Å². The quantitative estimate of drug-likeness (QED) is 0.355. The Morgan fingerprint density at radius 1 is 1.03 bits per heavy atom. The van der Waals surface area contributed by atoms with Crippen LogP contribution in [0.2, 0.25) is 0 Å². The zero-order valence-corrected chi connectivity index (χ0v) is 20.0. The number of halogens is 1. The first-order chi connectivity index (χ1) is 13.7. The van der Waals surface area contributed by atoms with Crippen molar-refractivity contribution >= 4 is 35.6 Å². The highest BCUT2D eigenvalue weighted by Crippen LogP contribution is 2.21. The molecular weight excluding hydrogens is 475 g/mol. The van der Waals surface area contributed by atoms with Gasteiger partial charge in [0.05, 0.1) is 13.2 Å². The first-order valence-electron chi connectivity index (χ1n) is 10.1. The van der Waals surface area contributed by atoms with Crippen LogP contribution in [0.3, 0.4) is 0 Å². The Labute approximate surface area is 192 Å². The van der Waals surface area contributed by atoms with Gasteiger partial charge in [-0.2, -0.15) is 0 Å². The van der Waals surface area contributed by atoms with Crippen molar-refractivity contribution in [1.82, 2.24) is 10.6 Å². The fourth-order valence-corrected chi connectivity index (χ4v) is 3.71. The van der Waals surface area contributed by atoms with Crippen LogP contribution in [0.15, 0.2) is 47.5 Å². The van der Waals surface area contributed by atoms with E-state index in [1.54, 1.807) is 0 Å². The lowest BCUT2D eigenvalue weighted by Crippen LogP contribution is -2.39. The number of ether oxygens (including phenoxy) is 1. The molecule has 0 amide bonds. The van der Waals surface area contributed by atoms with Crippen molar-refractivity contribution < 1.29 is 4.74 Å². The van der Waals surface area contributed by atoms with Gasteiger partial charge in [-0.3, -0.25) is 4.99 Å². The predicted molar refractivity (Wildman–Crippen MR) is 133 cm³/mol. The molecule has 2 N–H and O–H groups in total. The highest BCUT2D eigenvalue weighted by atomic mass is 127. The lowest BCUT2D eigenvalue weighted by atomic mass is 10.1. The van der Waals surface area contributed by atoms with E-state index in [9.17, 15) is 0 Å². The highest BCUT2D eigenvalue weighted by Gasteiger charge is 2.14. The number of hydrogen-bond acceptors (Lipinski definition) is 3. The molecule has 0 bridgehead atoms. The third-order valence-electron chi connectivity index (χ3n) is 5.00. The van der Waals surface area contributed by atoms with Crippen molar-refractivity contribution in [3.8, 4) is 0 Å². The second kappa shape index (κ2) is 12.0. The lowest BCUT2D eigenvalue weighted by Gasteiger charge is -2.30. The van der Waals surface area contributed by atoms with Gasteiger partial charge in [0.25, 0.3) is 0 Å². The highest BCUT2D eigenvalue weighted by molar-refractivity contribution is 14.0. The summed E-state index contributed by atoms with van der Waals surface area (Å²) in [6, 6.07) is 15.3. The average Bonchev–Trinajstić information content (AvgIpc) is 2.71. The summed E-state index contributed by atoms with van der Waals surface area (Å²) in [6.07, 6.45) is 0.980. The van der Waals surface area contributed by atoms with E-state index < -0.39 is 0 Å². The van der Waals surface area contributed by atoms with Gasteiger partial charge in [-0.15, -0.1) is 24.0 Å². The van der Waals surface area contributed by atoms with E-state index >= 15 is 0 Å². The molecule has 0 saturated carbocycles. The minimum Gasteiger partial charge on any atom is -0.378 e. The Hall–Kier alpha value is -1.80. The molecule has 1 aliphatic rings. The molecule has 0 aromatic heterocycles. The topological polar surface area (TPSA) is 48.9 Å². The number of benzene rings is 2. The van der Waals surface area contributed by atoms with Crippen molar-refractivity contribution in [3.05, 3.63) is 64.7 Å². The van der Waals surface area contributed by atoms with Crippen LogP contribution >= 0.6 is 24.0 Å². The largest absolute Gasteiger partial charge is 0.378 e. The Morgan fingerprint density at radius 2 is 1.72 bits per heavy atom. The predicted octanol–water partition coefficient (Wildman–Crippen LogP) is 3.67. The van der Waals surface area contributed by atoms with Crippen molar-refractivity contribution in [2.24, 2.45) is 4.99 Å². The molecule has 0 unspecified atom stereocenters. The van der Waals surface area contributed by atoms with E-state index in [1.807, 2.05) is 7.05 Å². The number of morpholine rings is 1. The van der Waals surface area contributed by atoms with Crippen LogP contribution in [0.1, 0.15) is 22.3 Å². The maximum absolute atomic E-state index is 5.49. The molecule has 6 heteroatoms. The van der Waals surface area contributed by atoms with E-state index in [2.05, 4.69) is 76.8 Å². The first-order valence-corrected chi connectivity index (χ1v) is 10.1. The summed E-state index contributed by atoms with van der Waals surface area (Å²) >= 11 is 0. The molecule has 5 nitrogen and oxygen atoms in total. The van der Waals surface area contributed by atoms with Gasteiger partial charge in [0.15, 0.2) is 5.96 Å². The molecule has 0 aliphatic carbocycles. The van der Waals surface area contributed by atoms with E-state index in [0.717, 1.165) is 51.8 Å². The van der Waals surface area contributed by atoms with Crippen LogP contribution in [-0.2, 0) is 17.7 Å². The summed E-state index contributed by atoms with van der Waals surface area (Å²) in [5, 5.41) is 6.89. The maximum Gasteiger partial charge on any atom is 0.191 e. The number of nitrogens with one attached hydrogen (secondary N) is 2. The number of rotatable bonds is 6. The molecule has 29 heavy (non-hydrogen) atoms. The van der Waals surface area contributed by atoms with Gasteiger partial charge in [-0.1, -0.05) is 47.5 Å². The van der Waals surface area contributed by atoms with Gasteiger partial charge in [0.2, 0.25) is 0 Å². The second-order valence-electron chi connectivity index (χ2n) is 7.33. The number of hydrogen-bond donors (Lipinski definition) is 2. The number of para-hydroxylation sites is 1. The molecule has 1 saturated heterocycles. The number of aryl methyl sites for hydroxylation is 2. The molecule has 158 valence electrons. The van der Waals surface area contributed by atoms with Crippen molar-refractivity contribution in [1.29, 1.82) is 0 Å². The number of aliphatic imine (C=N–C) groups is 1. The second-order valence-corrected chi connectivity index (χ2v) is 7.33. The molecule has 3 rings (SSSR count). The number of anilines is 1. The van der Waals surface area contributed by atoms with Crippen molar-refractivity contribution in [2.75, 3.05) is 44.8 Å². The Kier molecular flexibility index (Phi) is 9.73. The van der Waals surface area contributed by atoms with Crippen LogP contribution in [0, 0.1) is 13.8 Å². The van der Waals surface area contributed by atoms with Gasteiger partial charge in [-0.05, 0) is 37.5 Å². The SMILES string of the molecule is CN=C(NCCc1cc(C)cc(C)c1)NCc1ccccc1N1CCOCC1.I. The van der Waals surface area contributed by atoms with Gasteiger partial charge >= 0.3 is 0 Å². The zero-order valence-electron chi connectivity index (χ0n) is 17.7. The van der Waals surface area contributed by atoms with Gasteiger partial charge < -0.3 is 20.3 Å². The van der Waals surface area contributed by atoms with E-state index in [4.69, 9.17) is 4.74 Å². The summed E-state index contributed by atoms with van der Waals surface area (Å²) in [6.45, 7) is 9.38. The standard InChI is InChI=1S/C23H32N4O.HI/c1-18-14-19(2)16-20(15-18)8-9-25-23(24-3)26-17-21-6-4-5-7-22(21)27-10-12-28-13-11-27;/h4-7,14-16H,8-13,17H2,1-3H3,(H2,24,25,26);1H. The Bertz CT molecular complexity index is 783. The van der Waals surface area contributed by atoms with Crippen LogP contribution in [-0.4, -0.2) is 45.9 Å². The summed E-state index contributed by atoms with van der Waals surface area (Å²) in [4.78, 5) is 6.77. The fourth-order valence-electron chi connectivity index (χ4n) is 3.71. The molecule has 0 atom stereocenters. The Balaban J connectivity index is 0.00000300. The van der Waals surface area contributed by atoms with Crippen molar-refractivity contribution in [3.63, 3.8) is 0 Å². The molecule has 0 radical (unpaired) electrons. The van der Waals surface area contributed by atoms with Crippen LogP contribution in [0.4, 0.5) is 5.69 Å². The van der Waals surface area contributed by atoms with E-state index in [1.165, 1.54) is 27.9 Å². The molecule has 0 spiro atoms. The van der Waals surface area contributed by atoms with E-state index in [0.29, 0.717) is 0 Å². The molecule has 1 aliphatic heterocycles. The smallest absolute Gasteiger partial charge is 0.191 e. The average molecular weight is 508 g/mol. The summed E-state index contributed by atoms with van der Waals surface area (Å²) in [5.41, 5.74) is 6.55. The minimum absolute atomic E-state index is 0. The van der Waals surface area contributed by atoms with Crippen LogP contribution in [0.25, 0.3) is 0 Å². The van der Waals surface area contributed by atoms with E-state index in [-0.39, 0.29) is 24.0 Å². The molecule has 1 heterocycles. The van der Waals surface area contributed by atoms with Crippen molar-refractivity contribution in [2.45, 2.75) is 26.8 Å². The number of guanidine groups is 1. The normalized spacial score (nSPS) is 14.3. The third-order valence-corrected chi connectivity index (χ3v) is 5.00. The number of nitrogens with zero attached hydrogens (tertiary/aromatic N) is 2. The van der Waals surface area contributed by atoms with Gasteiger partial charge in [0.1, 0.15) is 0 Å². The summed E-state index contributed by atoms with van der Waals surface area (Å²) in [7, 11) is 1.82. The molecule has 2 aromatic rings. The fraction of sp³-hybridized carbons (Fsp3) is 0.435. The lowest BCUT2D eigenvalue weighted by molar-refractivity contribution is 0.122. The summed E-state index contributed by atoms with van der Waals surface area (Å²) < 4.78 is 5.49. The zero-order chi connectivity index (χ0) is 19.8. The van der Waals surface area contributed by atoms with Crippen LogP contribution < -0.4 is 15.5 Å². The van der Waals surface area contributed by atoms with Gasteiger partial charge in [0, 0.05) is 38.9 Å². The minimum atomic E-state index is 0. The third kappa shape index (κ3) is 7.19. The summed E-state index contributed by atoms with van der Waals surface area (Å²) in [5.74, 6) is 0.834. The Morgan fingerprint density at radius 3 is 2.41 bits per heavy atom. The first kappa shape index (κ1) is 23.5. The van der Waals surface area contributed by atoms with Crippen LogP contribution in [0.5, 0.6) is 0 Å². The monoisotopic (exact) mass is 508 g/mol.